The molecule has 0 saturated carbocycles. The van der Waals surface area contributed by atoms with Crippen LogP contribution < -0.4 is 10.9 Å². The molecule has 1 aromatic carbocycles. The van der Waals surface area contributed by atoms with Gasteiger partial charge >= 0.3 is 0 Å². The van der Waals surface area contributed by atoms with Gasteiger partial charge < -0.3 is 10.3 Å². The van der Waals surface area contributed by atoms with Gasteiger partial charge in [-0.3, -0.25) is 14.5 Å². The van der Waals surface area contributed by atoms with E-state index in [1.165, 1.54) is 6.33 Å². The number of rotatable bonds is 5. The Bertz CT molecular complexity index is 1680. The molecule has 0 saturated heterocycles. The van der Waals surface area contributed by atoms with Gasteiger partial charge in [0.2, 0.25) is 0 Å². The number of fused-ring (bicyclic) bond motifs is 2. The third kappa shape index (κ3) is 3.07. The Hall–Kier alpha value is -4.73. The van der Waals surface area contributed by atoms with E-state index in [4.69, 9.17) is 5.10 Å². The third-order valence-corrected chi connectivity index (χ3v) is 5.91. The second kappa shape index (κ2) is 7.69. The lowest BCUT2D eigenvalue weighted by Gasteiger charge is -2.20. The summed E-state index contributed by atoms with van der Waals surface area (Å²) in [5.74, 6) is 1.18. The number of aromatic amines is 2. The molecule has 0 amide bonds. The molecule has 10 heteroatoms. The Balaban J connectivity index is 1.51. The van der Waals surface area contributed by atoms with Gasteiger partial charge in [0.1, 0.15) is 23.3 Å². The number of hydrogen-bond acceptors (Lipinski definition) is 6. The van der Waals surface area contributed by atoms with Gasteiger partial charge in [-0.05, 0) is 43.7 Å². The van der Waals surface area contributed by atoms with Crippen molar-refractivity contribution in [3.05, 3.63) is 89.1 Å². The molecule has 0 fully saturated rings. The number of para-hydroxylation sites is 1. The number of nitrogens with zero attached hydrogens (tertiary/aromatic N) is 6. The normalized spacial score (nSPS) is 12.4. The summed E-state index contributed by atoms with van der Waals surface area (Å²) in [5, 5.41) is 16.2. The molecule has 0 aliphatic carbocycles. The van der Waals surface area contributed by atoms with Crippen LogP contribution >= 0.6 is 0 Å². The molecule has 0 spiro atoms. The Morgan fingerprint density at radius 3 is 2.74 bits per heavy atom. The summed E-state index contributed by atoms with van der Waals surface area (Å²) in [6.45, 7) is 3.87. The minimum Gasteiger partial charge on any atom is -0.360 e. The number of anilines is 1. The fraction of sp³-hybridized carbons (Fsp3) is 0.125. The van der Waals surface area contributed by atoms with E-state index in [1.807, 2.05) is 68.7 Å². The van der Waals surface area contributed by atoms with Crippen LogP contribution in [-0.2, 0) is 0 Å². The summed E-state index contributed by atoms with van der Waals surface area (Å²) in [6.07, 6.45) is 6.93. The van der Waals surface area contributed by atoms with Crippen LogP contribution in [0.3, 0.4) is 0 Å². The van der Waals surface area contributed by atoms with Gasteiger partial charge in [-0.2, -0.15) is 10.2 Å². The summed E-state index contributed by atoms with van der Waals surface area (Å²) in [7, 11) is 0. The van der Waals surface area contributed by atoms with Gasteiger partial charge in [-0.15, -0.1) is 0 Å². The second-order valence-electron chi connectivity index (χ2n) is 8.10. The maximum absolute atomic E-state index is 13.6. The van der Waals surface area contributed by atoms with Crippen molar-refractivity contribution < 1.29 is 0 Å². The lowest BCUT2D eigenvalue weighted by Crippen LogP contribution is -2.29. The fourth-order valence-corrected chi connectivity index (χ4v) is 4.29. The van der Waals surface area contributed by atoms with Crippen molar-refractivity contribution in [3.8, 4) is 16.9 Å². The van der Waals surface area contributed by atoms with Gasteiger partial charge in [0.25, 0.3) is 5.56 Å². The van der Waals surface area contributed by atoms with Crippen LogP contribution in [0.25, 0.3) is 33.5 Å². The van der Waals surface area contributed by atoms with Crippen molar-refractivity contribution in [2.45, 2.75) is 19.9 Å². The first-order valence-electron chi connectivity index (χ1n) is 10.9. The predicted molar refractivity (Wildman–Crippen MR) is 129 cm³/mol. The van der Waals surface area contributed by atoms with Crippen LogP contribution in [0.15, 0.2) is 72.2 Å². The largest absolute Gasteiger partial charge is 0.360 e. The molecule has 6 aromatic rings. The fourth-order valence-electron chi connectivity index (χ4n) is 4.29. The zero-order valence-corrected chi connectivity index (χ0v) is 18.5. The zero-order chi connectivity index (χ0) is 23.2. The zero-order valence-electron chi connectivity index (χ0n) is 18.5. The van der Waals surface area contributed by atoms with E-state index in [9.17, 15) is 4.79 Å². The van der Waals surface area contributed by atoms with Gasteiger partial charge in [0.15, 0.2) is 5.82 Å². The van der Waals surface area contributed by atoms with E-state index in [0.29, 0.717) is 22.8 Å². The number of nitrogens with one attached hydrogen (secondary N) is 3. The van der Waals surface area contributed by atoms with E-state index < -0.39 is 0 Å². The summed E-state index contributed by atoms with van der Waals surface area (Å²) in [4.78, 5) is 25.6. The van der Waals surface area contributed by atoms with Gasteiger partial charge in [-0.1, -0.05) is 18.2 Å². The summed E-state index contributed by atoms with van der Waals surface area (Å²) in [5.41, 5.74) is 4.39. The molecular formula is C24H21N9O. The van der Waals surface area contributed by atoms with E-state index >= 15 is 0 Å². The van der Waals surface area contributed by atoms with Gasteiger partial charge in [0.05, 0.1) is 22.8 Å². The Morgan fingerprint density at radius 2 is 1.94 bits per heavy atom. The van der Waals surface area contributed by atoms with Gasteiger partial charge in [-0.25, -0.2) is 14.5 Å². The molecule has 6 rings (SSSR count). The third-order valence-electron chi connectivity index (χ3n) is 5.91. The highest BCUT2D eigenvalue weighted by Crippen LogP contribution is 2.32. The minimum atomic E-state index is -0.361. The molecule has 5 aromatic heterocycles. The predicted octanol–water partition coefficient (Wildman–Crippen LogP) is 3.63. The first-order valence-corrected chi connectivity index (χ1v) is 10.9. The molecule has 3 N–H and O–H groups in total. The average molecular weight is 451 g/mol. The molecular weight excluding hydrogens is 430 g/mol. The van der Waals surface area contributed by atoms with Crippen molar-refractivity contribution in [1.82, 2.24) is 39.3 Å². The number of H-pyrrole nitrogens is 2. The number of benzene rings is 1. The first kappa shape index (κ1) is 19.9. The van der Waals surface area contributed by atoms with Crippen molar-refractivity contribution in [2.75, 3.05) is 5.32 Å². The van der Waals surface area contributed by atoms with Crippen molar-refractivity contribution in [2.24, 2.45) is 0 Å². The molecule has 5 heterocycles. The SMILES string of the molecule is Cc1ccn2nc(C(C)Nc3ncnc4[nH]cc(-c5cc[nH]n5)c34)n(-c3ccccc3)c(=O)c12. The smallest absolute Gasteiger partial charge is 0.282 e. The van der Waals surface area contributed by atoms with E-state index in [0.717, 1.165) is 27.9 Å². The van der Waals surface area contributed by atoms with Crippen molar-refractivity contribution in [3.63, 3.8) is 0 Å². The lowest BCUT2D eigenvalue weighted by atomic mass is 10.1. The highest BCUT2D eigenvalue weighted by Gasteiger charge is 2.22. The highest BCUT2D eigenvalue weighted by atomic mass is 16.1. The maximum atomic E-state index is 13.6. The molecule has 0 bridgehead atoms. The average Bonchev–Trinajstić information content (AvgIpc) is 3.60. The topological polar surface area (TPSA) is 122 Å². The summed E-state index contributed by atoms with van der Waals surface area (Å²) < 4.78 is 3.30. The van der Waals surface area contributed by atoms with E-state index in [-0.39, 0.29) is 11.6 Å². The van der Waals surface area contributed by atoms with E-state index in [2.05, 4.69) is 30.5 Å². The molecule has 1 unspecified atom stereocenters. The summed E-state index contributed by atoms with van der Waals surface area (Å²) in [6, 6.07) is 13.0. The van der Waals surface area contributed by atoms with Crippen molar-refractivity contribution >= 4 is 22.4 Å². The van der Waals surface area contributed by atoms with Crippen LogP contribution in [0.2, 0.25) is 0 Å². The maximum Gasteiger partial charge on any atom is 0.282 e. The minimum absolute atomic E-state index is 0.126. The van der Waals surface area contributed by atoms with Crippen LogP contribution in [0, 0.1) is 6.92 Å². The first-order chi connectivity index (χ1) is 16.6. The van der Waals surface area contributed by atoms with Gasteiger partial charge in [0, 0.05) is 24.2 Å². The lowest BCUT2D eigenvalue weighted by molar-refractivity contribution is 0.673. The molecule has 1 atom stereocenters. The summed E-state index contributed by atoms with van der Waals surface area (Å²) >= 11 is 0. The standard InChI is InChI=1S/C24H21N9O/c1-14-9-11-32-20(14)24(34)33(16-6-4-3-5-7-16)23(31-32)15(2)29-22-19-17(18-8-10-28-30-18)12-25-21(19)26-13-27-22/h3-13,15H,1-2H3,(H,28,30)(H2,25,26,27,29). The molecule has 10 nitrogen and oxygen atoms in total. The molecule has 34 heavy (non-hydrogen) atoms. The number of hydrogen-bond donors (Lipinski definition) is 3. The van der Waals surface area contributed by atoms with Crippen molar-refractivity contribution in [1.29, 1.82) is 0 Å². The molecule has 0 radical (unpaired) electrons. The molecule has 0 aliphatic rings. The number of aromatic nitrogens is 8. The van der Waals surface area contributed by atoms with E-state index in [1.54, 1.807) is 15.3 Å². The Kier molecular flexibility index (Phi) is 4.51. The second-order valence-corrected chi connectivity index (χ2v) is 8.10. The highest BCUT2D eigenvalue weighted by molar-refractivity contribution is 6.00. The monoisotopic (exact) mass is 451 g/mol. The Labute approximate surface area is 193 Å². The Morgan fingerprint density at radius 1 is 1.09 bits per heavy atom. The number of aryl methyl sites for hydroxylation is 1. The van der Waals surface area contributed by atoms with Crippen LogP contribution in [-0.4, -0.2) is 39.3 Å². The van der Waals surface area contributed by atoms with Crippen LogP contribution in [0.1, 0.15) is 24.4 Å². The van der Waals surface area contributed by atoms with Crippen LogP contribution in [0.4, 0.5) is 5.82 Å². The quantitative estimate of drug-likeness (QED) is 0.368. The molecule has 168 valence electrons. The molecule has 0 aliphatic heterocycles. The van der Waals surface area contributed by atoms with Crippen LogP contribution in [0.5, 0.6) is 0 Å².